The van der Waals surface area contributed by atoms with Crippen LogP contribution in [-0.2, 0) is 9.84 Å². The Bertz CT molecular complexity index is 736. The van der Waals surface area contributed by atoms with E-state index in [1.807, 2.05) is 19.9 Å². The number of nitrogens with one attached hydrogen (secondary N) is 1. The zero-order valence-corrected chi connectivity index (χ0v) is 12.4. The Balaban J connectivity index is 2.68. The van der Waals surface area contributed by atoms with Crippen molar-refractivity contribution in [2.45, 2.75) is 18.7 Å². The van der Waals surface area contributed by atoms with E-state index in [-0.39, 0.29) is 16.5 Å². The summed E-state index contributed by atoms with van der Waals surface area (Å²) in [6, 6.07) is 3.62. The minimum absolute atomic E-state index is 0.00246. The van der Waals surface area contributed by atoms with E-state index in [1.54, 1.807) is 12.3 Å². The van der Waals surface area contributed by atoms with Crippen molar-refractivity contribution in [3.05, 3.63) is 23.9 Å². The first-order valence-electron chi connectivity index (χ1n) is 6.10. The largest absolute Gasteiger partial charge is 0.382 e. The number of nitrogen functional groups attached to an aromatic ring is 1. The van der Waals surface area contributed by atoms with Crippen molar-refractivity contribution in [2.75, 3.05) is 23.9 Å². The van der Waals surface area contributed by atoms with Gasteiger partial charge in [0.25, 0.3) is 0 Å². The third kappa shape index (κ3) is 2.60. The van der Waals surface area contributed by atoms with Crippen molar-refractivity contribution in [3.8, 4) is 5.82 Å². The van der Waals surface area contributed by atoms with Crippen LogP contribution in [0, 0.1) is 6.92 Å². The zero-order valence-electron chi connectivity index (χ0n) is 11.6. The number of aryl methyl sites for hydroxylation is 1. The molecule has 0 spiro atoms. The van der Waals surface area contributed by atoms with Gasteiger partial charge in [-0.2, -0.15) is 4.68 Å². The monoisotopic (exact) mass is 295 g/mol. The number of sulfone groups is 1. The second kappa shape index (κ2) is 5.12. The van der Waals surface area contributed by atoms with Gasteiger partial charge in [0, 0.05) is 19.0 Å². The first-order chi connectivity index (χ1) is 9.34. The summed E-state index contributed by atoms with van der Waals surface area (Å²) in [5, 5.41) is 7.13. The van der Waals surface area contributed by atoms with Crippen LogP contribution in [0.4, 0.5) is 11.6 Å². The smallest absolute Gasteiger partial charge is 0.182 e. The molecule has 8 heteroatoms. The molecule has 0 aliphatic carbocycles. The van der Waals surface area contributed by atoms with Gasteiger partial charge in [0.1, 0.15) is 5.82 Å². The van der Waals surface area contributed by atoms with Crippen LogP contribution in [-0.4, -0.2) is 36.0 Å². The van der Waals surface area contributed by atoms with Gasteiger partial charge < -0.3 is 11.1 Å². The van der Waals surface area contributed by atoms with Crippen molar-refractivity contribution in [2.24, 2.45) is 0 Å². The molecule has 0 saturated heterocycles. The van der Waals surface area contributed by atoms with Gasteiger partial charge in [-0.1, -0.05) is 0 Å². The van der Waals surface area contributed by atoms with Crippen LogP contribution >= 0.6 is 0 Å². The van der Waals surface area contributed by atoms with Gasteiger partial charge in [0.05, 0.1) is 0 Å². The average Bonchev–Trinajstić information content (AvgIpc) is 2.66. The summed E-state index contributed by atoms with van der Waals surface area (Å²) in [5.41, 5.74) is 6.93. The van der Waals surface area contributed by atoms with E-state index in [9.17, 15) is 8.42 Å². The molecule has 2 aromatic heterocycles. The summed E-state index contributed by atoms with van der Waals surface area (Å²) >= 11 is 0. The number of nitrogens with two attached hydrogens (primary N) is 1. The number of rotatable bonds is 4. The molecule has 0 unspecified atom stereocenters. The minimum Gasteiger partial charge on any atom is -0.382 e. The predicted octanol–water partition coefficient (Wildman–Crippen LogP) is 0.993. The van der Waals surface area contributed by atoms with Gasteiger partial charge >= 0.3 is 0 Å². The highest BCUT2D eigenvalue weighted by molar-refractivity contribution is 7.91. The Morgan fingerprint density at radius 2 is 2.15 bits per heavy atom. The number of anilines is 2. The van der Waals surface area contributed by atoms with E-state index in [0.717, 1.165) is 11.8 Å². The van der Waals surface area contributed by atoms with Gasteiger partial charge in [-0.15, -0.1) is 5.10 Å². The summed E-state index contributed by atoms with van der Waals surface area (Å²) in [7, 11) is -3.48. The van der Waals surface area contributed by atoms with Gasteiger partial charge in [-0.05, 0) is 31.5 Å². The lowest BCUT2D eigenvalue weighted by atomic mass is 10.3. The number of pyridine rings is 1. The number of hydrogen-bond acceptors (Lipinski definition) is 6. The third-order valence-electron chi connectivity index (χ3n) is 2.71. The van der Waals surface area contributed by atoms with Crippen molar-refractivity contribution >= 4 is 21.5 Å². The first-order valence-corrected chi connectivity index (χ1v) is 7.99. The summed E-state index contributed by atoms with van der Waals surface area (Å²) in [6.07, 6.45) is 2.73. The van der Waals surface area contributed by atoms with Crippen LogP contribution in [0.15, 0.2) is 23.2 Å². The molecule has 0 aliphatic heterocycles. The van der Waals surface area contributed by atoms with E-state index in [4.69, 9.17) is 5.73 Å². The van der Waals surface area contributed by atoms with E-state index in [1.165, 1.54) is 4.68 Å². The Kier molecular flexibility index (Phi) is 3.67. The highest BCUT2D eigenvalue weighted by atomic mass is 32.2. The normalized spacial score (nSPS) is 11.6. The summed E-state index contributed by atoms with van der Waals surface area (Å²) in [6.45, 7) is 4.31. The molecule has 0 saturated carbocycles. The summed E-state index contributed by atoms with van der Waals surface area (Å²) in [5.74, 6) is 0.786. The van der Waals surface area contributed by atoms with Gasteiger partial charge in [0.2, 0.25) is 0 Å². The van der Waals surface area contributed by atoms with Crippen molar-refractivity contribution in [1.82, 2.24) is 14.8 Å². The molecule has 108 valence electrons. The molecule has 0 aliphatic rings. The second-order valence-electron chi connectivity index (χ2n) is 4.47. The van der Waals surface area contributed by atoms with E-state index >= 15 is 0 Å². The maximum Gasteiger partial charge on any atom is 0.182 e. The van der Waals surface area contributed by atoms with E-state index in [2.05, 4.69) is 15.4 Å². The average molecular weight is 295 g/mol. The number of hydrogen-bond donors (Lipinski definition) is 2. The molecule has 0 radical (unpaired) electrons. The van der Waals surface area contributed by atoms with Crippen LogP contribution in [0.2, 0.25) is 0 Å². The SMILES string of the molecule is CCNc1nn(-c2cc(C)ccn2)c(N)c1S(C)(=O)=O. The lowest BCUT2D eigenvalue weighted by molar-refractivity contribution is 0.602. The molecule has 2 heterocycles. The molecule has 0 amide bonds. The molecule has 3 N–H and O–H groups in total. The van der Waals surface area contributed by atoms with Gasteiger partial charge in [-0.25, -0.2) is 13.4 Å². The molecule has 0 fully saturated rings. The van der Waals surface area contributed by atoms with E-state index in [0.29, 0.717) is 12.4 Å². The van der Waals surface area contributed by atoms with Crippen LogP contribution in [0.5, 0.6) is 0 Å². The highest BCUT2D eigenvalue weighted by Gasteiger charge is 2.24. The fraction of sp³-hybridized carbons (Fsp3) is 0.333. The second-order valence-corrected chi connectivity index (χ2v) is 6.42. The van der Waals surface area contributed by atoms with Gasteiger partial charge in [-0.3, -0.25) is 0 Å². The standard InChI is InChI=1S/C12H17N5O2S/c1-4-14-12-10(20(3,18)19)11(13)17(16-12)9-7-8(2)5-6-15-9/h5-7H,4,13H2,1-3H3,(H,14,16). The fourth-order valence-electron chi connectivity index (χ4n) is 1.88. The molecule has 0 aromatic carbocycles. The minimum atomic E-state index is -3.48. The quantitative estimate of drug-likeness (QED) is 0.872. The molecule has 0 bridgehead atoms. The molecule has 0 atom stereocenters. The fourth-order valence-corrected chi connectivity index (χ4v) is 2.81. The molecular weight excluding hydrogens is 278 g/mol. The zero-order chi connectivity index (χ0) is 14.9. The van der Waals surface area contributed by atoms with Gasteiger partial charge in [0.15, 0.2) is 26.4 Å². The lowest BCUT2D eigenvalue weighted by Crippen LogP contribution is -2.07. The van der Waals surface area contributed by atoms with Crippen molar-refractivity contribution in [3.63, 3.8) is 0 Å². The van der Waals surface area contributed by atoms with Crippen LogP contribution in [0.1, 0.15) is 12.5 Å². The maximum atomic E-state index is 11.9. The van der Waals surface area contributed by atoms with Crippen molar-refractivity contribution in [1.29, 1.82) is 0 Å². The van der Waals surface area contributed by atoms with Crippen LogP contribution in [0.3, 0.4) is 0 Å². The third-order valence-corrected chi connectivity index (χ3v) is 3.85. The maximum absolute atomic E-state index is 11.9. The van der Waals surface area contributed by atoms with E-state index < -0.39 is 9.84 Å². The molecule has 7 nitrogen and oxygen atoms in total. The first kappa shape index (κ1) is 14.3. The topological polar surface area (TPSA) is 103 Å². The summed E-state index contributed by atoms with van der Waals surface area (Å²) < 4.78 is 25.1. The summed E-state index contributed by atoms with van der Waals surface area (Å²) in [4.78, 5) is 4.17. The van der Waals surface area contributed by atoms with Crippen LogP contribution in [0.25, 0.3) is 5.82 Å². The van der Waals surface area contributed by atoms with Crippen LogP contribution < -0.4 is 11.1 Å². The highest BCUT2D eigenvalue weighted by Crippen LogP contribution is 2.28. The Labute approximate surface area is 117 Å². The number of nitrogens with zero attached hydrogens (tertiary/aromatic N) is 3. The Morgan fingerprint density at radius 1 is 1.45 bits per heavy atom. The Hall–Kier alpha value is -2.09. The lowest BCUT2D eigenvalue weighted by Gasteiger charge is -2.03. The predicted molar refractivity (Wildman–Crippen MR) is 77.8 cm³/mol. The Morgan fingerprint density at radius 3 is 2.70 bits per heavy atom. The van der Waals surface area contributed by atoms with Crippen molar-refractivity contribution < 1.29 is 8.42 Å². The molecule has 2 aromatic rings. The number of aromatic nitrogens is 3. The molecule has 20 heavy (non-hydrogen) atoms. The molecular formula is C12H17N5O2S. The molecule has 2 rings (SSSR count).